The van der Waals surface area contributed by atoms with Crippen LogP contribution < -0.4 is 4.18 Å². The smallest absolute Gasteiger partial charge is 0.379 e. The third-order valence-electron chi connectivity index (χ3n) is 4.46. The Balaban J connectivity index is 2.15. The van der Waals surface area contributed by atoms with Gasteiger partial charge >= 0.3 is 16.3 Å². The Morgan fingerprint density at radius 1 is 1.03 bits per heavy atom. The molecule has 0 N–H and O–H groups in total. The van der Waals surface area contributed by atoms with Crippen molar-refractivity contribution in [3.63, 3.8) is 0 Å². The molecule has 0 heterocycles. The highest BCUT2D eigenvalue weighted by Crippen LogP contribution is 2.31. The monoisotopic (exact) mass is 457 g/mol. The third-order valence-corrected chi connectivity index (χ3v) is 5.70. The van der Waals surface area contributed by atoms with Crippen molar-refractivity contribution in [1.29, 1.82) is 0 Å². The van der Waals surface area contributed by atoms with Gasteiger partial charge in [-0.3, -0.25) is 4.79 Å². The van der Waals surface area contributed by atoms with Crippen molar-refractivity contribution in [3.05, 3.63) is 59.7 Å². The zero-order chi connectivity index (χ0) is 23.4. The predicted molar refractivity (Wildman–Crippen MR) is 111 cm³/mol. The zero-order valence-electron chi connectivity index (χ0n) is 17.8. The number of halogens is 3. The largest absolute Gasteiger partial charge is 0.416 e. The van der Waals surface area contributed by atoms with Gasteiger partial charge in [-0.1, -0.05) is 32.0 Å². The lowest BCUT2D eigenvalue weighted by molar-refractivity contribution is -0.137. The van der Waals surface area contributed by atoms with E-state index in [1.165, 1.54) is 12.1 Å². The van der Waals surface area contributed by atoms with E-state index in [0.717, 1.165) is 23.8 Å². The van der Waals surface area contributed by atoms with Gasteiger partial charge in [0.1, 0.15) is 10.6 Å². The normalized spacial score (nSPS) is 12.3. The summed E-state index contributed by atoms with van der Waals surface area (Å²) >= 11 is 0. The summed E-state index contributed by atoms with van der Waals surface area (Å²) in [5.41, 5.74) is -0.304. The fourth-order valence-corrected chi connectivity index (χ4v) is 3.85. The van der Waals surface area contributed by atoms with Crippen molar-refractivity contribution < 1.29 is 30.6 Å². The molecule has 31 heavy (non-hydrogen) atoms. The second kappa shape index (κ2) is 9.72. The first-order chi connectivity index (χ1) is 14.3. The average molecular weight is 458 g/mol. The van der Waals surface area contributed by atoms with Crippen molar-refractivity contribution in [2.24, 2.45) is 5.92 Å². The van der Waals surface area contributed by atoms with Crippen LogP contribution in [0, 0.1) is 5.92 Å². The van der Waals surface area contributed by atoms with Crippen LogP contribution in [0.15, 0.2) is 53.4 Å². The molecular formula is C22H26F3NO4S. The van der Waals surface area contributed by atoms with Crippen molar-refractivity contribution in [1.82, 2.24) is 4.90 Å². The SMILES string of the molecule is CC(C)CC(=O)N(Cc1ccc(OS(=O)(=O)c2cccc(C(F)(F)F)c2)cc1)C(C)C. The van der Waals surface area contributed by atoms with Crippen LogP contribution >= 0.6 is 0 Å². The molecule has 0 aliphatic carbocycles. The van der Waals surface area contributed by atoms with E-state index in [4.69, 9.17) is 4.18 Å². The molecule has 2 aromatic carbocycles. The zero-order valence-corrected chi connectivity index (χ0v) is 18.6. The van der Waals surface area contributed by atoms with E-state index in [0.29, 0.717) is 19.0 Å². The maximum Gasteiger partial charge on any atom is 0.416 e. The number of benzene rings is 2. The lowest BCUT2D eigenvalue weighted by Gasteiger charge is -2.27. The van der Waals surface area contributed by atoms with Crippen LogP contribution in [0.3, 0.4) is 0 Å². The summed E-state index contributed by atoms with van der Waals surface area (Å²) in [5.74, 6) is 0.216. The molecule has 0 fully saturated rings. The van der Waals surface area contributed by atoms with Gasteiger partial charge < -0.3 is 9.08 Å². The Morgan fingerprint density at radius 2 is 1.65 bits per heavy atom. The highest BCUT2D eigenvalue weighted by atomic mass is 32.2. The van der Waals surface area contributed by atoms with Crippen LogP contribution in [0.25, 0.3) is 0 Å². The van der Waals surface area contributed by atoms with Gasteiger partial charge in [0.2, 0.25) is 5.91 Å². The van der Waals surface area contributed by atoms with Crippen molar-refractivity contribution >= 4 is 16.0 Å². The maximum atomic E-state index is 12.9. The fourth-order valence-electron chi connectivity index (χ4n) is 2.88. The molecular weight excluding hydrogens is 431 g/mol. The topological polar surface area (TPSA) is 63.7 Å². The number of carbonyl (C=O) groups excluding carboxylic acids is 1. The van der Waals surface area contributed by atoms with Gasteiger partial charge in [0.05, 0.1) is 5.56 Å². The number of hydrogen-bond acceptors (Lipinski definition) is 4. The number of carbonyl (C=O) groups is 1. The molecule has 0 bridgehead atoms. The molecule has 0 saturated heterocycles. The van der Waals surface area contributed by atoms with Gasteiger partial charge in [0.15, 0.2) is 0 Å². The van der Waals surface area contributed by atoms with E-state index in [1.807, 2.05) is 27.7 Å². The van der Waals surface area contributed by atoms with Gasteiger partial charge in [-0.05, 0) is 55.7 Å². The molecule has 0 radical (unpaired) electrons. The number of hydrogen-bond donors (Lipinski definition) is 0. The van der Waals surface area contributed by atoms with E-state index < -0.39 is 26.8 Å². The second-order valence-electron chi connectivity index (χ2n) is 7.92. The number of rotatable bonds is 8. The Hall–Kier alpha value is -2.55. The lowest BCUT2D eigenvalue weighted by Crippen LogP contribution is -2.36. The molecule has 0 aromatic heterocycles. The molecule has 0 aliphatic heterocycles. The van der Waals surface area contributed by atoms with E-state index in [9.17, 15) is 26.4 Å². The first kappa shape index (κ1) is 24.7. The predicted octanol–water partition coefficient (Wildman–Crippen LogP) is 5.26. The number of nitrogens with zero attached hydrogens (tertiary/aromatic N) is 1. The Kier molecular flexibility index (Phi) is 7.75. The molecule has 0 spiro atoms. The van der Waals surface area contributed by atoms with Crippen LogP contribution in [0.1, 0.15) is 45.2 Å². The van der Waals surface area contributed by atoms with E-state index in [1.54, 1.807) is 17.0 Å². The first-order valence-electron chi connectivity index (χ1n) is 9.79. The summed E-state index contributed by atoms with van der Waals surface area (Å²) in [4.78, 5) is 13.6. The molecule has 9 heteroatoms. The van der Waals surface area contributed by atoms with E-state index >= 15 is 0 Å². The second-order valence-corrected chi connectivity index (χ2v) is 9.47. The minimum atomic E-state index is -4.66. The standard InChI is InChI=1S/C22H26F3NO4S/c1-15(2)12-21(27)26(16(3)4)14-17-8-10-19(11-9-17)30-31(28,29)20-7-5-6-18(13-20)22(23,24)25/h5-11,13,15-16H,12,14H2,1-4H3. The summed E-state index contributed by atoms with van der Waals surface area (Å²) < 4.78 is 68.3. The minimum absolute atomic E-state index is 0.0107. The quantitative estimate of drug-likeness (QED) is 0.508. The van der Waals surface area contributed by atoms with Crippen LogP contribution in [0.2, 0.25) is 0 Å². The Bertz CT molecular complexity index is 1000. The van der Waals surface area contributed by atoms with Gasteiger partial charge in [0, 0.05) is 19.0 Å². The van der Waals surface area contributed by atoms with Crippen molar-refractivity contribution in [3.8, 4) is 5.75 Å². The Morgan fingerprint density at radius 3 is 2.16 bits per heavy atom. The van der Waals surface area contributed by atoms with Crippen molar-refractivity contribution in [2.45, 2.75) is 57.8 Å². The van der Waals surface area contributed by atoms with Crippen LogP contribution in [-0.2, 0) is 27.6 Å². The fraction of sp³-hybridized carbons (Fsp3) is 0.409. The highest BCUT2D eigenvalue weighted by molar-refractivity contribution is 7.87. The summed E-state index contributed by atoms with van der Waals surface area (Å²) in [6, 6.07) is 9.42. The average Bonchev–Trinajstić information content (AvgIpc) is 2.65. The summed E-state index contributed by atoms with van der Waals surface area (Å²) in [6.45, 7) is 8.11. The Labute approximate surface area is 181 Å². The van der Waals surface area contributed by atoms with Gasteiger partial charge in [-0.25, -0.2) is 0 Å². The van der Waals surface area contributed by atoms with Crippen LogP contribution in [0.5, 0.6) is 5.75 Å². The van der Waals surface area contributed by atoms with Gasteiger partial charge in [-0.15, -0.1) is 0 Å². The summed E-state index contributed by atoms with van der Waals surface area (Å²) in [5, 5.41) is 0. The number of amides is 1. The van der Waals surface area contributed by atoms with Crippen molar-refractivity contribution in [2.75, 3.05) is 0 Å². The van der Waals surface area contributed by atoms with Gasteiger partial charge in [-0.2, -0.15) is 21.6 Å². The molecule has 0 atom stereocenters. The molecule has 0 unspecified atom stereocenters. The summed E-state index contributed by atoms with van der Waals surface area (Å²) in [7, 11) is -4.44. The third kappa shape index (κ3) is 6.99. The van der Waals surface area contributed by atoms with E-state index in [-0.39, 0.29) is 23.6 Å². The molecule has 0 aliphatic rings. The lowest BCUT2D eigenvalue weighted by atomic mass is 10.1. The first-order valence-corrected chi connectivity index (χ1v) is 11.2. The summed E-state index contributed by atoms with van der Waals surface area (Å²) in [6.07, 6.45) is -4.24. The molecule has 2 aromatic rings. The molecule has 5 nitrogen and oxygen atoms in total. The maximum absolute atomic E-state index is 12.9. The molecule has 1 amide bonds. The van der Waals surface area contributed by atoms with E-state index in [2.05, 4.69) is 0 Å². The molecule has 0 saturated carbocycles. The molecule has 170 valence electrons. The molecule has 2 rings (SSSR count). The highest BCUT2D eigenvalue weighted by Gasteiger charge is 2.32. The minimum Gasteiger partial charge on any atom is -0.379 e. The van der Waals surface area contributed by atoms with Gasteiger partial charge in [0.25, 0.3) is 0 Å². The number of alkyl halides is 3. The van der Waals surface area contributed by atoms with Crippen LogP contribution in [-0.4, -0.2) is 25.3 Å². The van der Waals surface area contributed by atoms with Crippen LogP contribution in [0.4, 0.5) is 13.2 Å².